The SMILES string of the molecule is Cl.O=C(c1ccc(F)cc1)c1ccc(F)cc1. The van der Waals surface area contributed by atoms with Crippen LogP contribution in [0.3, 0.4) is 0 Å². The molecule has 2 aromatic rings. The van der Waals surface area contributed by atoms with Gasteiger partial charge in [0.15, 0.2) is 5.78 Å². The lowest BCUT2D eigenvalue weighted by molar-refractivity contribution is 0.103. The molecule has 1 nitrogen and oxygen atoms in total. The van der Waals surface area contributed by atoms with Gasteiger partial charge in [-0.25, -0.2) is 8.78 Å². The first-order chi connectivity index (χ1) is 7.66. The standard InChI is InChI=1S/C13H8F2O.ClH/c14-11-5-1-9(2-6-11)13(16)10-3-7-12(15)8-4-10;/h1-8H;1H. The lowest BCUT2D eigenvalue weighted by Gasteiger charge is -2.00. The molecular weight excluding hydrogens is 246 g/mol. The minimum absolute atomic E-state index is 0. The van der Waals surface area contributed by atoms with E-state index in [1.54, 1.807) is 0 Å². The quantitative estimate of drug-likeness (QED) is 0.748. The summed E-state index contributed by atoms with van der Waals surface area (Å²) in [5.41, 5.74) is 0.765. The molecule has 4 heteroatoms. The van der Waals surface area contributed by atoms with Crippen LogP contribution in [-0.4, -0.2) is 5.78 Å². The third kappa shape index (κ3) is 3.11. The maximum atomic E-state index is 12.6. The van der Waals surface area contributed by atoms with Crippen molar-refractivity contribution in [2.45, 2.75) is 0 Å². The average Bonchev–Trinajstić information content (AvgIpc) is 2.30. The molecular formula is C13H9ClF2O. The third-order valence-corrected chi connectivity index (χ3v) is 2.21. The molecule has 0 spiro atoms. The normalized spacial score (nSPS) is 9.53. The maximum Gasteiger partial charge on any atom is 0.193 e. The molecule has 0 heterocycles. The van der Waals surface area contributed by atoms with Crippen LogP contribution in [0, 0.1) is 11.6 Å². The fraction of sp³-hybridized carbons (Fsp3) is 0. The molecule has 0 saturated carbocycles. The van der Waals surface area contributed by atoms with Crippen LogP contribution in [0.2, 0.25) is 0 Å². The molecule has 2 rings (SSSR count). The van der Waals surface area contributed by atoms with E-state index in [-0.39, 0.29) is 18.2 Å². The molecule has 0 radical (unpaired) electrons. The van der Waals surface area contributed by atoms with E-state index in [4.69, 9.17) is 0 Å². The van der Waals surface area contributed by atoms with E-state index in [0.29, 0.717) is 11.1 Å². The van der Waals surface area contributed by atoms with Crippen molar-refractivity contribution in [1.29, 1.82) is 0 Å². The number of ketones is 1. The van der Waals surface area contributed by atoms with Gasteiger partial charge in [0.05, 0.1) is 0 Å². The molecule has 0 N–H and O–H groups in total. The second-order valence-corrected chi connectivity index (χ2v) is 3.34. The number of hydrogen-bond donors (Lipinski definition) is 0. The molecule has 0 aromatic heterocycles. The molecule has 2 aromatic carbocycles. The molecule has 0 aliphatic carbocycles. The lowest BCUT2D eigenvalue weighted by atomic mass is 10.0. The fourth-order valence-corrected chi connectivity index (χ4v) is 1.37. The van der Waals surface area contributed by atoms with E-state index in [2.05, 4.69) is 0 Å². The van der Waals surface area contributed by atoms with Gasteiger partial charge in [-0.2, -0.15) is 0 Å². The highest BCUT2D eigenvalue weighted by atomic mass is 35.5. The summed E-state index contributed by atoms with van der Waals surface area (Å²) in [5.74, 6) is -1.04. The number of halogens is 3. The van der Waals surface area contributed by atoms with Gasteiger partial charge >= 0.3 is 0 Å². The molecule has 0 bridgehead atoms. The van der Waals surface area contributed by atoms with Crippen molar-refractivity contribution in [1.82, 2.24) is 0 Å². The Labute approximate surface area is 103 Å². The van der Waals surface area contributed by atoms with Crippen LogP contribution in [0.1, 0.15) is 15.9 Å². The highest BCUT2D eigenvalue weighted by Crippen LogP contribution is 2.11. The molecule has 88 valence electrons. The highest BCUT2D eigenvalue weighted by molar-refractivity contribution is 6.08. The van der Waals surface area contributed by atoms with E-state index in [9.17, 15) is 13.6 Å². The van der Waals surface area contributed by atoms with Crippen molar-refractivity contribution in [2.24, 2.45) is 0 Å². The summed E-state index contributed by atoms with van der Waals surface area (Å²) in [6, 6.07) is 10.5. The second-order valence-electron chi connectivity index (χ2n) is 3.34. The molecule has 0 saturated heterocycles. The summed E-state index contributed by atoms with van der Waals surface area (Å²) in [6.45, 7) is 0. The Morgan fingerprint density at radius 1 is 0.706 bits per heavy atom. The average molecular weight is 255 g/mol. The topological polar surface area (TPSA) is 17.1 Å². The van der Waals surface area contributed by atoms with Gasteiger partial charge in [0.2, 0.25) is 0 Å². The summed E-state index contributed by atoms with van der Waals surface area (Å²) in [5, 5.41) is 0. The first kappa shape index (κ1) is 13.3. The Kier molecular flexibility index (Phi) is 4.35. The minimum Gasteiger partial charge on any atom is -0.289 e. The van der Waals surface area contributed by atoms with Gasteiger partial charge in [0, 0.05) is 11.1 Å². The van der Waals surface area contributed by atoms with E-state index >= 15 is 0 Å². The number of benzene rings is 2. The largest absolute Gasteiger partial charge is 0.289 e. The second kappa shape index (κ2) is 5.55. The van der Waals surface area contributed by atoms with Crippen molar-refractivity contribution >= 4 is 18.2 Å². The van der Waals surface area contributed by atoms with Gasteiger partial charge in [0.25, 0.3) is 0 Å². The molecule has 0 fully saturated rings. The Hall–Kier alpha value is -1.74. The van der Waals surface area contributed by atoms with Crippen LogP contribution in [0.4, 0.5) is 8.78 Å². The van der Waals surface area contributed by atoms with Crippen molar-refractivity contribution < 1.29 is 13.6 Å². The number of rotatable bonds is 2. The first-order valence-corrected chi connectivity index (χ1v) is 4.72. The minimum atomic E-state index is -0.393. The predicted molar refractivity (Wildman–Crippen MR) is 63.5 cm³/mol. The van der Waals surface area contributed by atoms with Crippen molar-refractivity contribution in [3.63, 3.8) is 0 Å². The number of carbonyl (C=O) groups is 1. The van der Waals surface area contributed by atoms with Gasteiger partial charge in [0.1, 0.15) is 11.6 Å². The Bertz CT molecular complexity index is 458. The highest BCUT2D eigenvalue weighted by Gasteiger charge is 2.08. The third-order valence-electron chi connectivity index (χ3n) is 2.21. The summed E-state index contributed by atoms with van der Waals surface area (Å²) < 4.78 is 25.3. The monoisotopic (exact) mass is 254 g/mol. The predicted octanol–water partition coefficient (Wildman–Crippen LogP) is 3.62. The van der Waals surface area contributed by atoms with E-state index < -0.39 is 11.6 Å². The fourth-order valence-electron chi connectivity index (χ4n) is 1.37. The first-order valence-electron chi connectivity index (χ1n) is 4.72. The summed E-state index contributed by atoms with van der Waals surface area (Å²) in [4.78, 5) is 11.8. The van der Waals surface area contributed by atoms with Crippen LogP contribution >= 0.6 is 12.4 Å². The maximum absolute atomic E-state index is 12.6. The molecule has 0 aliphatic heterocycles. The van der Waals surface area contributed by atoms with Gasteiger partial charge < -0.3 is 0 Å². The summed E-state index contributed by atoms with van der Waals surface area (Å²) >= 11 is 0. The molecule has 0 aliphatic rings. The van der Waals surface area contributed by atoms with Gasteiger partial charge in [-0.1, -0.05) is 0 Å². The van der Waals surface area contributed by atoms with Crippen LogP contribution < -0.4 is 0 Å². The van der Waals surface area contributed by atoms with E-state index in [0.717, 1.165) is 0 Å². The van der Waals surface area contributed by atoms with Gasteiger partial charge in [-0.3, -0.25) is 4.79 Å². The van der Waals surface area contributed by atoms with Crippen LogP contribution in [0.15, 0.2) is 48.5 Å². The number of carbonyl (C=O) groups excluding carboxylic acids is 1. The van der Waals surface area contributed by atoms with E-state index in [1.165, 1.54) is 48.5 Å². The van der Waals surface area contributed by atoms with Crippen LogP contribution in [0.25, 0.3) is 0 Å². The van der Waals surface area contributed by atoms with Crippen molar-refractivity contribution in [2.75, 3.05) is 0 Å². The molecule has 17 heavy (non-hydrogen) atoms. The summed E-state index contributed by atoms with van der Waals surface area (Å²) in [6.07, 6.45) is 0. The van der Waals surface area contributed by atoms with Gasteiger partial charge in [-0.15, -0.1) is 12.4 Å². The molecule has 0 unspecified atom stereocenters. The molecule has 0 amide bonds. The van der Waals surface area contributed by atoms with Crippen LogP contribution in [0.5, 0.6) is 0 Å². The van der Waals surface area contributed by atoms with Crippen molar-refractivity contribution in [3.8, 4) is 0 Å². The zero-order chi connectivity index (χ0) is 11.5. The molecule has 0 atom stereocenters. The zero-order valence-corrected chi connectivity index (χ0v) is 9.51. The van der Waals surface area contributed by atoms with Crippen molar-refractivity contribution in [3.05, 3.63) is 71.3 Å². The van der Waals surface area contributed by atoms with Gasteiger partial charge in [-0.05, 0) is 48.5 Å². The smallest absolute Gasteiger partial charge is 0.193 e. The lowest BCUT2D eigenvalue weighted by Crippen LogP contribution is -2.01. The van der Waals surface area contributed by atoms with Crippen LogP contribution in [-0.2, 0) is 0 Å². The van der Waals surface area contributed by atoms with E-state index in [1.807, 2.05) is 0 Å². The number of hydrogen-bond acceptors (Lipinski definition) is 1. The summed E-state index contributed by atoms with van der Waals surface area (Å²) in [7, 11) is 0. The Morgan fingerprint density at radius 3 is 1.29 bits per heavy atom. The Morgan fingerprint density at radius 2 is 1.00 bits per heavy atom. The zero-order valence-electron chi connectivity index (χ0n) is 8.69. The Balaban J connectivity index is 0.00000144.